The number of carbonyl (C=O) groups excluding carboxylic acids is 1. The number of aliphatic hydroxyl groups is 1. The first-order valence-electron chi connectivity index (χ1n) is 6.37. The molecule has 2 aromatic rings. The van der Waals surface area contributed by atoms with Crippen molar-refractivity contribution in [1.29, 1.82) is 0 Å². The summed E-state index contributed by atoms with van der Waals surface area (Å²) in [7, 11) is 0. The summed E-state index contributed by atoms with van der Waals surface area (Å²) < 4.78 is 0.979. The molecule has 1 aromatic heterocycles. The maximum atomic E-state index is 12.4. The van der Waals surface area contributed by atoms with Crippen LogP contribution < -0.4 is 0 Å². The Labute approximate surface area is 111 Å². The van der Waals surface area contributed by atoms with Crippen LogP contribution in [0, 0.1) is 5.92 Å². The molecule has 96 valence electrons. The van der Waals surface area contributed by atoms with Crippen LogP contribution in [0.4, 0.5) is 0 Å². The number of Topliss-reactive ketones (excluding diaryl/α,β-unsaturated/α-hetero) is 1. The highest BCUT2D eigenvalue weighted by atomic mass is 32.1. The van der Waals surface area contributed by atoms with Crippen LogP contribution in [0.15, 0.2) is 29.6 Å². The first kappa shape index (κ1) is 13.2. The molecule has 0 aliphatic rings. The van der Waals surface area contributed by atoms with E-state index in [9.17, 15) is 9.90 Å². The molecule has 0 amide bonds. The number of rotatable bonds is 5. The Morgan fingerprint density at radius 1 is 1.28 bits per heavy atom. The molecule has 0 fully saturated rings. The smallest absolute Gasteiger partial charge is 0.192 e. The fraction of sp³-hybridized carbons (Fsp3) is 0.400. The van der Waals surface area contributed by atoms with Gasteiger partial charge in [-0.25, -0.2) is 0 Å². The third kappa shape index (κ3) is 2.33. The zero-order chi connectivity index (χ0) is 13.1. The summed E-state index contributed by atoms with van der Waals surface area (Å²) in [6.45, 7) is 4.02. The lowest BCUT2D eigenvalue weighted by Gasteiger charge is -2.19. The second-order valence-electron chi connectivity index (χ2n) is 4.53. The second-order valence-corrected chi connectivity index (χ2v) is 5.45. The molecule has 0 saturated carbocycles. The largest absolute Gasteiger partial charge is 0.385 e. The molecule has 0 bridgehead atoms. The van der Waals surface area contributed by atoms with Crippen molar-refractivity contribution in [1.82, 2.24) is 0 Å². The predicted octanol–water partition coefficient (Wildman–Crippen LogP) is 3.88. The van der Waals surface area contributed by atoms with Crippen LogP contribution in [0.1, 0.15) is 37.0 Å². The van der Waals surface area contributed by atoms with Crippen molar-refractivity contribution in [3.05, 3.63) is 35.2 Å². The van der Waals surface area contributed by atoms with Gasteiger partial charge in [0.2, 0.25) is 0 Å². The van der Waals surface area contributed by atoms with Crippen LogP contribution in [-0.2, 0) is 0 Å². The van der Waals surface area contributed by atoms with Crippen molar-refractivity contribution < 1.29 is 9.90 Å². The lowest BCUT2D eigenvalue weighted by atomic mass is 9.90. The monoisotopic (exact) mass is 262 g/mol. The van der Waals surface area contributed by atoms with Crippen molar-refractivity contribution in [3.63, 3.8) is 0 Å². The second kappa shape index (κ2) is 5.63. The van der Waals surface area contributed by atoms with E-state index >= 15 is 0 Å². The van der Waals surface area contributed by atoms with Gasteiger partial charge in [0.15, 0.2) is 5.78 Å². The molecule has 2 rings (SSSR count). The molecule has 1 heterocycles. The summed E-state index contributed by atoms with van der Waals surface area (Å²) in [6.07, 6.45) is 0.765. The fourth-order valence-electron chi connectivity index (χ4n) is 2.30. The Morgan fingerprint density at radius 3 is 2.67 bits per heavy atom. The molecule has 0 spiro atoms. The minimum absolute atomic E-state index is 0.0488. The SMILES string of the molecule is CCC(CC)C(O)C(=O)c1cccc2ccsc12. The van der Waals surface area contributed by atoms with Gasteiger partial charge in [0.25, 0.3) is 0 Å². The molecule has 0 aliphatic carbocycles. The number of hydrogen-bond acceptors (Lipinski definition) is 3. The van der Waals surface area contributed by atoms with E-state index in [0.29, 0.717) is 5.56 Å². The molecule has 18 heavy (non-hydrogen) atoms. The summed E-state index contributed by atoms with van der Waals surface area (Å²) in [4.78, 5) is 12.4. The van der Waals surface area contributed by atoms with E-state index in [1.54, 1.807) is 11.3 Å². The van der Waals surface area contributed by atoms with Gasteiger partial charge in [0, 0.05) is 10.3 Å². The predicted molar refractivity (Wildman–Crippen MR) is 76.2 cm³/mol. The van der Waals surface area contributed by atoms with Crippen LogP contribution in [0.3, 0.4) is 0 Å². The van der Waals surface area contributed by atoms with E-state index in [0.717, 1.165) is 22.9 Å². The Kier molecular flexibility index (Phi) is 4.15. The molecule has 2 nitrogen and oxygen atoms in total. The molecule has 3 heteroatoms. The van der Waals surface area contributed by atoms with Gasteiger partial charge in [-0.2, -0.15) is 0 Å². The zero-order valence-electron chi connectivity index (χ0n) is 10.7. The van der Waals surface area contributed by atoms with Crippen LogP contribution in [0.25, 0.3) is 10.1 Å². The summed E-state index contributed by atoms with van der Waals surface area (Å²) in [5.41, 5.74) is 0.655. The van der Waals surface area contributed by atoms with Crippen LogP contribution >= 0.6 is 11.3 Å². The summed E-state index contributed by atoms with van der Waals surface area (Å²) in [6, 6.07) is 7.68. The van der Waals surface area contributed by atoms with Gasteiger partial charge in [-0.15, -0.1) is 11.3 Å². The van der Waals surface area contributed by atoms with Crippen molar-refractivity contribution in [3.8, 4) is 0 Å². The van der Waals surface area contributed by atoms with E-state index in [1.807, 2.05) is 43.5 Å². The van der Waals surface area contributed by atoms with Crippen molar-refractivity contribution in [2.24, 2.45) is 5.92 Å². The van der Waals surface area contributed by atoms with Crippen molar-refractivity contribution in [2.45, 2.75) is 32.8 Å². The first-order chi connectivity index (χ1) is 8.69. The number of thiophene rings is 1. The van der Waals surface area contributed by atoms with E-state index in [2.05, 4.69) is 0 Å². The Bertz CT molecular complexity index is 540. The highest BCUT2D eigenvalue weighted by molar-refractivity contribution is 7.17. The molecule has 1 N–H and O–H groups in total. The van der Waals surface area contributed by atoms with E-state index < -0.39 is 6.10 Å². The number of carbonyl (C=O) groups is 1. The maximum absolute atomic E-state index is 12.4. The number of hydrogen-bond donors (Lipinski definition) is 1. The van der Waals surface area contributed by atoms with E-state index in [-0.39, 0.29) is 11.7 Å². The number of aliphatic hydroxyl groups excluding tert-OH is 1. The average Bonchev–Trinajstić information content (AvgIpc) is 2.87. The van der Waals surface area contributed by atoms with Crippen molar-refractivity contribution >= 4 is 27.2 Å². The molecule has 1 atom stereocenters. The Hall–Kier alpha value is -1.19. The lowest BCUT2D eigenvalue weighted by molar-refractivity contribution is 0.0590. The number of ketones is 1. The van der Waals surface area contributed by atoms with Crippen LogP contribution in [0.5, 0.6) is 0 Å². The van der Waals surface area contributed by atoms with Gasteiger partial charge in [0.05, 0.1) is 0 Å². The van der Waals surface area contributed by atoms with Crippen LogP contribution in [-0.4, -0.2) is 17.0 Å². The average molecular weight is 262 g/mol. The van der Waals surface area contributed by atoms with E-state index in [4.69, 9.17) is 0 Å². The lowest BCUT2D eigenvalue weighted by Crippen LogP contribution is -2.29. The van der Waals surface area contributed by atoms with Gasteiger partial charge in [-0.1, -0.05) is 38.8 Å². The van der Waals surface area contributed by atoms with Crippen LogP contribution in [0.2, 0.25) is 0 Å². The normalized spacial score (nSPS) is 13.1. The minimum Gasteiger partial charge on any atom is -0.385 e. The first-order valence-corrected chi connectivity index (χ1v) is 7.25. The molecule has 0 saturated heterocycles. The molecule has 0 aliphatic heterocycles. The van der Waals surface area contributed by atoms with Gasteiger partial charge in [-0.05, 0) is 28.8 Å². The molecular formula is C15H18O2S. The van der Waals surface area contributed by atoms with Gasteiger partial charge in [-0.3, -0.25) is 4.79 Å². The highest BCUT2D eigenvalue weighted by Gasteiger charge is 2.25. The fourth-order valence-corrected chi connectivity index (χ4v) is 3.21. The van der Waals surface area contributed by atoms with Gasteiger partial charge >= 0.3 is 0 Å². The van der Waals surface area contributed by atoms with Crippen molar-refractivity contribution in [2.75, 3.05) is 0 Å². The zero-order valence-corrected chi connectivity index (χ0v) is 11.5. The summed E-state index contributed by atoms with van der Waals surface area (Å²) >= 11 is 1.55. The molecular weight excluding hydrogens is 244 g/mol. The number of benzene rings is 1. The third-order valence-electron chi connectivity index (χ3n) is 3.51. The van der Waals surface area contributed by atoms with E-state index in [1.165, 1.54) is 0 Å². The molecule has 1 unspecified atom stereocenters. The molecule has 0 radical (unpaired) electrons. The summed E-state index contributed by atoms with van der Waals surface area (Å²) in [5, 5.41) is 13.2. The maximum Gasteiger partial charge on any atom is 0.192 e. The Balaban J connectivity index is 2.36. The molecule has 1 aromatic carbocycles. The van der Waals surface area contributed by atoms with Gasteiger partial charge < -0.3 is 5.11 Å². The van der Waals surface area contributed by atoms with Gasteiger partial charge in [0.1, 0.15) is 6.10 Å². The third-order valence-corrected chi connectivity index (χ3v) is 4.47. The topological polar surface area (TPSA) is 37.3 Å². The quantitative estimate of drug-likeness (QED) is 0.830. The summed E-state index contributed by atoms with van der Waals surface area (Å²) in [5.74, 6) is -0.0931. The number of fused-ring (bicyclic) bond motifs is 1. The minimum atomic E-state index is -0.882. The Morgan fingerprint density at radius 2 is 2.00 bits per heavy atom. The standard InChI is InChI=1S/C15H18O2S/c1-3-10(4-2)13(16)14(17)12-7-5-6-11-8-9-18-15(11)12/h5-10,13,16H,3-4H2,1-2H3. The highest BCUT2D eigenvalue weighted by Crippen LogP contribution is 2.27.